The monoisotopic (exact) mass is 267 g/mol. The van der Waals surface area contributed by atoms with Gasteiger partial charge in [0.2, 0.25) is 0 Å². The van der Waals surface area contributed by atoms with Crippen LogP contribution in [0.1, 0.15) is 23.7 Å². The molecule has 0 saturated carbocycles. The van der Waals surface area contributed by atoms with Crippen LogP contribution in [-0.4, -0.2) is 47.2 Å². The second-order valence-electron chi connectivity index (χ2n) is 3.98. The van der Waals surface area contributed by atoms with E-state index in [-0.39, 0.29) is 36.0 Å². The molecular weight excluding hydrogens is 250 g/mol. The minimum Gasteiger partial charge on any atom is -0.508 e. The largest absolute Gasteiger partial charge is 0.508 e. The van der Waals surface area contributed by atoms with E-state index < -0.39 is 5.91 Å². The van der Waals surface area contributed by atoms with E-state index in [9.17, 15) is 14.7 Å². The second-order valence-corrected chi connectivity index (χ2v) is 3.98. The number of amides is 1. The number of phenols is 2. The highest BCUT2D eigenvalue weighted by atomic mass is 16.5. The minimum atomic E-state index is -0.429. The van der Waals surface area contributed by atoms with Crippen LogP contribution in [0.2, 0.25) is 0 Å². The number of esters is 1. The van der Waals surface area contributed by atoms with Crippen molar-refractivity contribution in [2.75, 3.05) is 20.2 Å². The Balaban J connectivity index is 2.64. The van der Waals surface area contributed by atoms with E-state index in [0.717, 1.165) is 6.07 Å². The Morgan fingerprint density at radius 1 is 1.32 bits per heavy atom. The number of carbonyl (C=O) groups excluding carboxylic acids is 2. The fourth-order valence-electron chi connectivity index (χ4n) is 1.50. The maximum atomic E-state index is 12.0. The highest BCUT2D eigenvalue weighted by molar-refractivity contribution is 5.97. The molecule has 6 heteroatoms. The van der Waals surface area contributed by atoms with Gasteiger partial charge in [0.25, 0.3) is 5.91 Å². The van der Waals surface area contributed by atoms with Gasteiger partial charge in [0.1, 0.15) is 11.5 Å². The number of benzene rings is 1. The van der Waals surface area contributed by atoms with Crippen LogP contribution in [-0.2, 0) is 9.53 Å². The summed E-state index contributed by atoms with van der Waals surface area (Å²) in [5.41, 5.74) is 0.0733. The molecule has 0 aromatic heterocycles. The van der Waals surface area contributed by atoms with Gasteiger partial charge < -0.3 is 19.8 Å². The van der Waals surface area contributed by atoms with E-state index in [2.05, 4.69) is 0 Å². The van der Waals surface area contributed by atoms with E-state index in [1.165, 1.54) is 24.1 Å². The first kappa shape index (κ1) is 14.8. The Hall–Kier alpha value is -2.24. The highest BCUT2D eigenvalue weighted by Gasteiger charge is 2.17. The van der Waals surface area contributed by atoms with E-state index in [4.69, 9.17) is 9.84 Å². The van der Waals surface area contributed by atoms with Crippen molar-refractivity contribution in [3.05, 3.63) is 23.8 Å². The smallest absolute Gasteiger partial charge is 0.307 e. The van der Waals surface area contributed by atoms with E-state index >= 15 is 0 Å². The molecule has 6 nitrogen and oxygen atoms in total. The Bertz CT molecular complexity index is 472. The number of aromatic hydroxyl groups is 2. The molecule has 104 valence electrons. The normalized spacial score (nSPS) is 10.0. The molecular formula is C13H17NO5. The lowest BCUT2D eigenvalue weighted by Crippen LogP contribution is -2.29. The van der Waals surface area contributed by atoms with E-state index in [0.29, 0.717) is 6.61 Å². The number of ether oxygens (including phenoxy) is 1. The summed E-state index contributed by atoms with van der Waals surface area (Å²) in [7, 11) is 1.52. The Morgan fingerprint density at radius 2 is 2.00 bits per heavy atom. The van der Waals surface area contributed by atoms with Crippen molar-refractivity contribution in [2.24, 2.45) is 0 Å². The van der Waals surface area contributed by atoms with Crippen LogP contribution in [0, 0.1) is 0 Å². The predicted molar refractivity (Wildman–Crippen MR) is 68.0 cm³/mol. The van der Waals surface area contributed by atoms with Crippen molar-refractivity contribution < 1.29 is 24.5 Å². The topological polar surface area (TPSA) is 87.1 Å². The third kappa shape index (κ3) is 4.17. The molecule has 0 aliphatic carbocycles. The van der Waals surface area contributed by atoms with E-state index in [1.54, 1.807) is 6.92 Å². The molecule has 1 rings (SSSR count). The number of rotatable bonds is 5. The predicted octanol–water partition coefficient (Wildman–Crippen LogP) is 1.12. The summed E-state index contributed by atoms with van der Waals surface area (Å²) in [5.74, 6) is -1.23. The van der Waals surface area contributed by atoms with Crippen LogP contribution in [0.15, 0.2) is 18.2 Å². The summed E-state index contributed by atoms with van der Waals surface area (Å²) >= 11 is 0. The van der Waals surface area contributed by atoms with Crippen molar-refractivity contribution >= 4 is 11.9 Å². The fraction of sp³-hybridized carbons (Fsp3) is 0.385. The number of hydrogen-bond acceptors (Lipinski definition) is 5. The molecule has 0 unspecified atom stereocenters. The molecule has 1 amide bonds. The summed E-state index contributed by atoms with van der Waals surface area (Å²) in [6, 6.07) is 3.73. The van der Waals surface area contributed by atoms with Gasteiger partial charge in [0, 0.05) is 19.7 Å². The van der Waals surface area contributed by atoms with Crippen LogP contribution >= 0.6 is 0 Å². The van der Waals surface area contributed by atoms with Crippen LogP contribution in [0.4, 0.5) is 0 Å². The maximum Gasteiger partial charge on any atom is 0.307 e. The third-order valence-electron chi connectivity index (χ3n) is 2.52. The standard InChI is InChI=1S/C13H17NO5/c1-3-19-12(17)6-7-14(2)13(18)10-5-4-9(15)8-11(10)16/h4-5,8,15-16H,3,6-7H2,1-2H3. The molecule has 0 aliphatic heterocycles. The summed E-state index contributed by atoms with van der Waals surface area (Å²) in [6.07, 6.45) is 0.0922. The molecule has 0 atom stereocenters. The molecule has 1 aromatic carbocycles. The Labute approximate surface area is 111 Å². The minimum absolute atomic E-state index is 0.0733. The van der Waals surface area contributed by atoms with Crippen molar-refractivity contribution in [2.45, 2.75) is 13.3 Å². The van der Waals surface area contributed by atoms with Crippen LogP contribution in [0.5, 0.6) is 11.5 Å². The number of phenolic OH excluding ortho intramolecular Hbond substituents is 2. The Morgan fingerprint density at radius 3 is 2.58 bits per heavy atom. The van der Waals surface area contributed by atoms with Crippen LogP contribution < -0.4 is 0 Å². The van der Waals surface area contributed by atoms with Crippen molar-refractivity contribution in [3.63, 3.8) is 0 Å². The molecule has 0 heterocycles. The second kappa shape index (κ2) is 6.63. The molecule has 0 aliphatic rings. The first-order chi connectivity index (χ1) is 8.95. The quantitative estimate of drug-likeness (QED) is 0.781. The highest BCUT2D eigenvalue weighted by Crippen LogP contribution is 2.23. The van der Waals surface area contributed by atoms with Crippen LogP contribution in [0.25, 0.3) is 0 Å². The SMILES string of the molecule is CCOC(=O)CCN(C)C(=O)c1ccc(O)cc1O. The molecule has 0 bridgehead atoms. The zero-order chi connectivity index (χ0) is 14.4. The van der Waals surface area contributed by atoms with Gasteiger partial charge in [0.05, 0.1) is 18.6 Å². The lowest BCUT2D eigenvalue weighted by atomic mass is 10.1. The van der Waals surface area contributed by atoms with E-state index in [1.807, 2.05) is 0 Å². The summed E-state index contributed by atoms with van der Waals surface area (Å²) in [6.45, 7) is 2.20. The Kier molecular flexibility index (Phi) is 5.17. The number of hydrogen-bond donors (Lipinski definition) is 2. The average Bonchev–Trinajstić information content (AvgIpc) is 2.35. The van der Waals surface area contributed by atoms with Gasteiger partial charge in [-0.2, -0.15) is 0 Å². The first-order valence-corrected chi connectivity index (χ1v) is 5.88. The maximum absolute atomic E-state index is 12.0. The molecule has 19 heavy (non-hydrogen) atoms. The third-order valence-corrected chi connectivity index (χ3v) is 2.52. The molecule has 0 saturated heterocycles. The van der Waals surface area contributed by atoms with Gasteiger partial charge in [0.15, 0.2) is 0 Å². The zero-order valence-corrected chi connectivity index (χ0v) is 10.9. The molecule has 0 spiro atoms. The number of carbonyl (C=O) groups is 2. The van der Waals surface area contributed by atoms with Gasteiger partial charge in [-0.25, -0.2) is 0 Å². The average molecular weight is 267 g/mol. The van der Waals surface area contributed by atoms with Crippen molar-refractivity contribution in [3.8, 4) is 11.5 Å². The first-order valence-electron chi connectivity index (χ1n) is 5.88. The van der Waals surface area contributed by atoms with Gasteiger partial charge in [-0.3, -0.25) is 9.59 Å². The lowest BCUT2D eigenvalue weighted by Gasteiger charge is -2.17. The number of nitrogens with zero attached hydrogens (tertiary/aromatic N) is 1. The van der Waals surface area contributed by atoms with Gasteiger partial charge in [-0.15, -0.1) is 0 Å². The van der Waals surface area contributed by atoms with Gasteiger partial charge >= 0.3 is 5.97 Å². The van der Waals surface area contributed by atoms with Crippen LogP contribution in [0.3, 0.4) is 0 Å². The van der Waals surface area contributed by atoms with Crippen molar-refractivity contribution in [1.29, 1.82) is 0 Å². The van der Waals surface area contributed by atoms with Crippen molar-refractivity contribution in [1.82, 2.24) is 4.90 Å². The summed E-state index contributed by atoms with van der Waals surface area (Å²) < 4.78 is 4.76. The lowest BCUT2D eigenvalue weighted by molar-refractivity contribution is -0.143. The molecule has 1 aromatic rings. The van der Waals surface area contributed by atoms with Gasteiger partial charge in [-0.05, 0) is 19.1 Å². The zero-order valence-electron chi connectivity index (χ0n) is 10.9. The fourth-order valence-corrected chi connectivity index (χ4v) is 1.50. The van der Waals surface area contributed by atoms with Gasteiger partial charge in [-0.1, -0.05) is 0 Å². The molecule has 0 fully saturated rings. The summed E-state index contributed by atoms with van der Waals surface area (Å²) in [4.78, 5) is 24.5. The summed E-state index contributed by atoms with van der Waals surface area (Å²) in [5, 5.41) is 18.7. The molecule has 0 radical (unpaired) electrons. The molecule has 2 N–H and O–H groups in total.